The second kappa shape index (κ2) is 4.53. The maximum atomic E-state index is 10.7. The maximum absolute atomic E-state index is 10.7. The fourth-order valence-corrected chi connectivity index (χ4v) is 1.70. The lowest BCUT2D eigenvalue weighted by molar-refractivity contribution is 0.0697. The number of aromatic carboxylic acids is 1. The molecule has 0 unspecified atom stereocenters. The highest BCUT2D eigenvalue weighted by atomic mass is 35.5. The summed E-state index contributed by atoms with van der Waals surface area (Å²) in [6.45, 7) is 0. The Balaban J connectivity index is 3.04. The van der Waals surface area contributed by atoms with Crippen LogP contribution in [0.5, 0.6) is 0 Å². The SMILES string of the molecule is CSCc1ccc(Cl)c(C(=O)O)c1. The van der Waals surface area contributed by atoms with Crippen LogP contribution in [-0.2, 0) is 5.75 Å². The summed E-state index contributed by atoms with van der Waals surface area (Å²) in [5.74, 6) is -0.176. The number of carbonyl (C=O) groups is 1. The van der Waals surface area contributed by atoms with Gasteiger partial charge in [-0.3, -0.25) is 0 Å². The van der Waals surface area contributed by atoms with Crippen LogP contribution < -0.4 is 0 Å². The number of carboxylic acid groups (broad SMARTS) is 1. The molecule has 1 aromatic rings. The number of halogens is 1. The van der Waals surface area contributed by atoms with E-state index in [0.29, 0.717) is 0 Å². The van der Waals surface area contributed by atoms with Crippen LogP contribution in [0.1, 0.15) is 15.9 Å². The quantitative estimate of drug-likeness (QED) is 0.844. The minimum Gasteiger partial charge on any atom is -0.478 e. The summed E-state index contributed by atoms with van der Waals surface area (Å²) in [5, 5.41) is 9.06. The third kappa shape index (κ3) is 2.64. The number of hydrogen-bond donors (Lipinski definition) is 1. The molecule has 4 heteroatoms. The normalized spacial score (nSPS) is 10.0. The minimum absolute atomic E-state index is 0.174. The van der Waals surface area contributed by atoms with Crippen LogP contribution in [0.4, 0.5) is 0 Å². The smallest absolute Gasteiger partial charge is 0.337 e. The molecule has 0 saturated heterocycles. The zero-order chi connectivity index (χ0) is 9.84. The first-order chi connectivity index (χ1) is 6.15. The Morgan fingerprint density at radius 3 is 2.85 bits per heavy atom. The predicted octanol–water partition coefficient (Wildman–Crippen LogP) is 2.90. The fourth-order valence-electron chi connectivity index (χ4n) is 0.993. The highest BCUT2D eigenvalue weighted by Crippen LogP contribution is 2.19. The van der Waals surface area contributed by atoms with Crippen molar-refractivity contribution in [2.75, 3.05) is 6.26 Å². The topological polar surface area (TPSA) is 37.3 Å². The van der Waals surface area contributed by atoms with Gasteiger partial charge in [-0.25, -0.2) is 4.79 Å². The van der Waals surface area contributed by atoms with Gasteiger partial charge < -0.3 is 5.11 Å². The van der Waals surface area contributed by atoms with Gasteiger partial charge in [-0.1, -0.05) is 17.7 Å². The molecule has 1 N–H and O–H groups in total. The Morgan fingerprint density at radius 2 is 2.31 bits per heavy atom. The third-order valence-corrected chi connectivity index (χ3v) is 2.52. The Kier molecular flexibility index (Phi) is 3.63. The molecule has 0 atom stereocenters. The van der Waals surface area contributed by atoms with Crippen molar-refractivity contribution in [2.24, 2.45) is 0 Å². The zero-order valence-electron chi connectivity index (χ0n) is 7.08. The van der Waals surface area contributed by atoms with E-state index in [9.17, 15) is 4.79 Å². The van der Waals surface area contributed by atoms with Gasteiger partial charge in [0.2, 0.25) is 0 Å². The molecule has 2 nitrogen and oxygen atoms in total. The van der Waals surface area contributed by atoms with Crippen molar-refractivity contribution in [1.29, 1.82) is 0 Å². The summed E-state index contributed by atoms with van der Waals surface area (Å²) in [4.78, 5) is 10.7. The van der Waals surface area contributed by atoms with Crippen LogP contribution in [0.2, 0.25) is 5.02 Å². The second-order valence-electron chi connectivity index (χ2n) is 2.55. The van der Waals surface area contributed by atoms with Gasteiger partial charge in [-0.15, -0.1) is 0 Å². The van der Waals surface area contributed by atoms with Crippen LogP contribution in [0.3, 0.4) is 0 Å². The van der Waals surface area contributed by atoms with Gasteiger partial charge in [0.25, 0.3) is 0 Å². The first-order valence-electron chi connectivity index (χ1n) is 3.66. The largest absolute Gasteiger partial charge is 0.478 e. The van der Waals surface area contributed by atoms with Crippen molar-refractivity contribution >= 4 is 29.3 Å². The monoisotopic (exact) mass is 216 g/mol. The standard InChI is InChI=1S/C9H9ClO2S/c1-13-5-6-2-3-8(10)7(4-6)9(11)12/h2-4H,5H2,1H3,(H,11,12). The average molecular weight is 217 g/mol. The van der Waals surface area contributed by atoms with Gasteiger partial charge in [-0.2, -0.15) is 11.8 Å². The lowest BCUT2D eigenvalue weighted by Crippen LogP contribution is -1.98. The molecule has 1 aromatic carbocycles. The minimum atomic E-state index is -0.979. The molecule has 0 fully saturated rings. The van der Waals surface area contributed by atoms with Gasteiger partial charge in [0.1, 0.15) is 0 Å². The molecular weight excluding hydrogens is 208 g/mol. The van der Waals surface area contributed by atoms with E-state index in [1.54, 1.807) is 23.9 Å². The molecule has 70 valence electrons. The number of rotatable bonds is 3. The zero-order valence-corrected chi connectivity index (χ0v) is 8.65. The maximum Gasteiger partial charge on any atom is 0.337 e. The van der Waals surface area contributed by atoms with Crippen molar-refractivity contribution in [3.8, 4) is 0 Å². The fraction of sp³-hybridized carbons (Fsp3) is 0.222. The first-order valence-corrected chi connectivity index (χ1v) is 5.43. The van der Waals surface area contributed by atoms with Crippen molar-refractivity contribution in [3.05, 3.63) is 34.3 Å². The van der Waals surface area contributed by atoms with Crippen LogP contribution in [0.25, 0.3) is 0 Å². The van der Waals surface area contributed by atoms with Crippen molar-refractivity contribution in [1.82, 2.24) is 0 Å². The second-order valence-corrected chi connectivity index (χ2v) is 3.83. The summed E-state index contributed by atoms with van der Waals surface area (Å²) in [6, 6.07) is 5.07. The van der Waals surface area contributed by atoms with Crippen molar-refractivity contribution in [3.63, 3.8) is 0 Å². The Hall–Kier alpha value is -0.670. The van der Waals surface area contributed by atoms with E-state index < -0.39 is 5.97 Å². The van der Waals surface area contributed by atoms with Crippen LogP contribution >= 0.6 is 23.4 Å². The van der Waals surface area contributed by atoms with E-state index in [-0.39, 0.29) is 10.6 Å². The van der Waals surface area contributed by atoms with E-state index >= 15 is 0 Å². The molecule has 0 aliphatic rings. The van der Waals surface area contributed by atoms with Crippen molar-refractivity contribution < 1.29 is 9.90 Å². The Morgan fingerprint density at radius 1 is 1.62 bits per heavy atom. The molecule has 0 heterocycles. The van der Waals surface area contributed by atoms with Gasteiger partial charge in [0, 0.05) is 5.75 Å². The first kappa shape index (κ1) is 10.4. The molecule has 0 aliphatic carbocycles. The molecule has 0 spiro atoms. The van der Waals surface area contributed by atoms with E-state index in [4.69, 9.17) is 16.7 Å². The van der Waals surface area contributed by atoms with Gasteiger partial charge in [0.15, 0.2) is 0 Å². The summed E-state index contributed by atoms with van der Waals surface area (Å²) < 4.78 is 0. The summed E-state index contributed by atoms with van der Waals surface area (Å²) in [5.41, 5.74) is 1.16. The Bertz CT molecular complexity index is 325. The number of carboxylic acids is 1. The molecule has 1 rings (SSSR count). The van der Waals surface area contributed by atoms with Crippen LogP contribution in [0, 0.1) is 0 Å². The number of thioether (sulfide) groups is 1. The third-order valence-electron chi connectivity index (χ3n) is 1.57. The van der Waals surface area contributed by atoms with Crippen molar-refractivity contribution in [2.45, 2.75) is 5.75 Å². The number of benzene rings is 1. The molecule has 0 aliphatic heterocycles. The summed E-state index contributed by atoms with van der Waals surface area (Å²) >= 11 is 7.35. The molecule has 0 aromatic heterocycles. The molecule has 0 saturated carbocycles. The molecule has 0 amide bonds. The average Bonchev–Trinajstić information content (AvgIpc) is 2.08. The van der Waals surface area contributed by atoms with E-state index in [1.807, 2.05) is 12.3 Å². The van der Waals surface area contributed by atoms with Gasteiger partial charge in [0.05, 0.1) is 10.6 Å². The molecular formula is C9H9ClO2S. The molecule has 0 radical (unpaired) electrons. The lowest BCUT2D eigenvalue weighted by Gasteiger charge is -2.02. The van der Waals surface area contributed by atoms with Crippen LogP contribution in [-0.4, -0.2) is 17.3 Å². The van der Waals surface area contributed by atoms with E-state index in [1.165, 1.54) is 0 Å². The van der Waals surface area contributed by atoms with E-state index in [2.05, 4.69) is 0 Å². The number of hydrogen-bond acceptors (Lipinski definition) is 2. The van der Waals surface area contributed by atoms with E-state index in [0.717, 1.165) is 11.3 Å². The highest BCUT2D eigenvalue weighted by Gasteiger charge is 2.08. The van der Waals surface area contributed by atoms with Gasteiger partial charge in [-0.05, 0) is 24.0 Å². The summed E-state index contributed by atoms with van der Waals surface area (Å²) in [6.07, 6.45) is 1.97. The lowest BCUT2D eigenvalue weighted by atomic mass is 10.1. The highest BCUT2D eigenvalue weighted by molar-refractivity contribution is 7.97. The Labute approximate surface area is 85.9 Å². The summed E-state index contributed by atoms with van der Waals surface area (Å²) in [7, 11) is 0. The molecule has 13 heavy (non-hydrogen) atoms. The molecule has 0 bridgehead atoms. The van der Waals surface area contributed by atoms with Gasteiger partial charge >= 0.3 is 5.97 Å². The predicted molar refractivity (Wildman–Crippen MR) is 55.6 cm³/mol. The van der Waals surface area contributed by atoms with Crippen LogP contribution in [0.15, 0.2) is 18.2 Å².